The predicted molar refractivity (Wildman–Crippen MR) is 88.3 cm³/mol. The number of fused-ring (bicyclic) bond motifs is 1. The fourth-order valence-electron chi connectivity index (χ4n) is 2.70. The van der Waals surface area contributed by atoms with E-state index in [9.17, 15) is 18.4 Å². The van der Waals surface area contributed by atoms with E-state index in [0.29, 0.717) is 16.9 Å². The van der Waals surface area contributed by atoms with Crippen molar-refractivity contribution in [3.8, 4) is 0 Å². The van der Waals surface area contributed by atoms with Gasteiger partial charge in [-0.1, -0.05) is 6.07 Å². The minimum absolute atomic E-state index is 0.179. The summed E-state index contributed by atoms with van der Waals surface area (Å²) in [7, 11) is 1.63. The smallest absolute Gasteiger partial charge is 0.274 e. The topological polar surface area (TPSA) is 79.8 Å². The Hall–Kier alpha value is -3.03. The first-order chi connectivity index (χ1) is 11.8. The van der Waals surface area contributed by atoms with Gasteiger partial charge >= 0.3 is 0 Å². The lowest BCUT2D eigenvalue weighted by molar-refractivity contribution is 0.0941. The second-order valence-electron chi connectivity index (χ2n) is 5.88. The number of pyridine rings is 1. The summed E-state index contributed by atoms with van der Waals surface area (Å²) in [6.45, 7) is 3.36. The maximum absolute atomic E-state index is 13.4. The second-order valence-corrected chi connectivity index (χ2v) is 5.88. The molecule has 3 aromatic rings. The molecule has 2 aromatic heterocycles. The number of hydrogen-bond acceptors (Lipinski definition) is 3. The van der Waals surface area contributed by atoms with Crippen LogP contribution in [0.4, 0.5) is 8.78 Å². The van der Waals surface area contributed by atoms with E-state index in [1.165, 1.54) is 16.8 Å². The predicted octanol–water partition coefficient (Wildman–Crippen LogP) is 2.34. The van der Waals surface area contributed by atoms with Crippen LogP contribution in [-0.2, 0) is 7.05 Å². The molecule has 3 rings (SSSR count). The van der Waals surface area contributed by atoms with Gasteiger partial charge in [0.05, 0.1) is 17.0 Å². The Morgan fingerprint density at radius 3 is 2.68 bits per heavy atom. The van der Waals surface area contributed by atoms with Crippen LogP contribution < -0.4 is 10.9 Å². The molecule has 0 aliphatic heterocycles. The molecule has 0 radical (unpaired) electrons. The number of H-pyrrole nitrogens is 1. The van der Waals surface area contributed by atoms with Crippen LogP contribution in [0.2, 0.25) is 0 Å². The standard InChI is InChI=1S/C17H16F2N4O2/c1-8-6-11(14-15(20-8)23(3)22-17(14)25)16(24)21-9(2)10-4-5-12(18)13(19)7-10/h4-7,9H,1-3H3,(H,21,24)(H,22,25)/t9-/m0/s1. The third kappa shape index (κ3) is 3.02. The van der Waals surface area contributed by atoms with Crippen LogP contribution in [0.5, 0.6) is 0 Å². The number of aromatic nitrogens is 3. The summed E-state index contributed by atoms with van der Waals surface area (Å²) >= 11 is 0. The molecule has 0 unspecified atom stereocenters. The Kier molecular flexibility index (Phi) is 4.12. The van der Waals surface area contributed by atoms with E-state index in [0.717, 1.165) is 12.1 Å². The van der Waals surface area contributed by atoms with E-state index in [1.54, 1.807) is 20.9 Å². The lowest BCUT2D eigenvalue weighted by atomic mass is 10.1. The zero-order chi connectivity index (χ0) is 18.3. The first kappa shape index (κ1) is 16.8. The van der Waals surface area contributed by atoms with E-state index in [1.807, 2.05) is 0 Å². The van der Waals surface area contributed by atoms with Gasteiger partial charge in [0.15, 0.2) is 17.3 Å². The average molecular weight is 346 g/mol. The summed E-state index contributed by atoms with van der Waals surface area (Å²) in [6.07, 6.45) is 0. The highest BCUT2D eigenvalue weighted by Crippen LogP contribution is 2.19. The van der Waals surface area contributed by atoms with Crippen molar-refractivity contribution in [3.05, 3.63) is 63.1 Å². The van der Waals surface area contributed by atoms with Crippen molar-refractivity contribution in [1.82, 2.24) is 20.1 Å². The van der Waals surface area contributed by atoms with Crippen molar-refractivity contribution in [2.75, 3.05) is 0 Å². The van der Waals surface area contributed by atoms with Gasteiger partial charge in [0, 0.05) is 12.7 Å². The molecule has 8 heteroatoms. The third-order valence-corrected chi connectivity index (χ3v) is 3.98. The van der Waals surface area contributed by atoms with Crippen molar-refractivity contribution in [3.63, 3.8) is 0 Å². The first-order valence-electron chi connectivity index (χ1n) is 7.60. The summed E-state index contributed by atoms with van der Waals surface area (Å²) in [4.78, 5) is 29.0. The van der Waals surface area contributed by atoms with E-state index in [2.05, 4.69) is 15.4 Å². The SMILES string of the molecule is Cc1cc(C(=O)N[C@@H](C)c2ccc(F)c(F)c2)c2c(=O)[nH]n(C)c2n1. The average Bonchev–Trinajstić information content (AvgIpc) is 2.83. The highest BCUT2D eigenvalue weighted by molar-refractivity contribution is 6.05. The largest absolute Gasteiger partial charge is 0.345 e. The van der Waals surface area contributed by atoms with Crippen molar-refractivity contribution < 1.29 is 13.6 Å². The number of halogens is 2. The molecule has 25 heavy (non-hydrogen) atoms. The second kappa shape index (κ2) is 6.12. The number of aromatic amines is 1. The number of aryl methyl sites for hydroxylation is 2. The van der Waals surface area contributed by atoms with Crippen LogP contribution in [0.3, 0.4) is 0 Å². The van der Waals surface area contributed by atoms with Crippen molar-refractivity contribution in [2.45, 2.75) is 19.9 Å². The Labute approximate surface area is 141 Å². The van der Waals surface area contributed by atoms with Crippen LogP contribution in [0.1, 0.15) is 34.6 Å². The van der Waals surface area contributed by atoms with Gasteiger partial charge in [-0.25, -0.2) is 13.8 Å². The summed E-state index contributed by atoms with van der Waals surface area (Å²) in [5.74, 6) is -2.44. The van der Waals surface area contributed by atoms with Crippen molar-refractivity contribution in [2.24, 2.45) is 7.05 Å². The number of carbonyl (C=O) groups is 1. The molecule has 130 valence electrons. The Morgan fingerprint density at radius 1 is 1.28 bits per heavy atom. The Morgan fingerprint density at radius 2 is 2.00 bits per heavy atom. The maximum Gasteiger partial charge on any atom is 0.274 e. The van der Waals surface area contributed by atoms with Crippen molar-refractivity contribution in [1.29, 1.82) is 0 Å². The van der Waals surface area contributed by atoms with Gasteiger partial charge in [0.1, 0.15) is 0 Å². The molecular weight excluding hydrogens is 330 g/mol. The van der Waals surface area contributed by atoms with Crippen LogP contribution in [0.25, 0.3) is 11.0 Å². The molecule has 1 atom stereocenters. The number of amides is 1. The third-order valence-electron chi connectivity index (χ3n) is 3.98. The van der Waals surface area contributed by atoms with E-state index in [-0.39, 0.29) is 10.9 Å². The number of hydrogen-bond donors (Lipinski definition) is 2. The van der Waals surface area contributed by atoms with Gasteiger partial charge in [-0.3, -0.25) is 19.4 Å². The number of carbonyl (C=O) groups excluding carboxylic acids is 1. The van der Waals surface area contributed by atoms with Gasteiger partial charge < -0.3 is 5.32 Å². The molecule has 0 aliphatic rings. The van der Waals surface area contributed by atoms with E-state index >= 15 is 0 Å². The molecule has 0 saturated heterocycles. The molecule has 1 aromatic carbocycles. The Balaban J connectivity index is 1.97. The molecule has 0 aliphatic carbocycles. The summed E-state index contributed by atoms with van der Waals surface area (Å²) in [5.41, 5.74) is 1.12. The zero-order valence-corrected chi connectivity index (χ0v) is 13.9. The van der Waals surface area contributed by atoms with Gasteiger partial charge in [-0.15, -0.1) is 0 Å². The molecule has 2 heterocycles. The number of nitrogens with zero attached hydrogens (tertiary/aromatic N) is 2. The van der Waals surface area contributed by atoms with Crippen LogP contribution in [0.15, 0.2) is 29.1 Å². The number of benzene rings is 1. The van der Waals surface area contributed by atoms with Crippen LogP contribution in [-0.4, -0.2) is 20.7 Å². The zero-order valence-electron chi connectivity index (χ0n) is 13.9. The maximum atomic E-state index is 13.4. The van der Waals surface area contributed by atoms with E-state index < -0.39 is 29.1 Å². The van der Waals surface area contributed by atoms with Crippen LogP contribution in [0, 0.1) is 18.6 Å². The fraction of sp³-hybridized carbons (Fsp3) is 0.235. The molecule has 0 spiro atoms. The number of rotatable bonds is 3. The van der Waals surface area contributed by atoms with E-state index in [4.69, 9.17) is 0 Å². The lowest BCUT2D eigenvalue weighted by Gasteiger charge is -2.15. The summed E-state index contributed by atoms with van der Waals surface area (Å²) in [6, 6.07) is 4.37. The monoisotopic (exact) mass is 346 g/mol. The molecule has 0 bridgehead atoms. The summed E-state index contributed by atoms with van der Waals surface area (Å²) in [5, 5.41) is 5.44. The quantitative estimate of drug-likeness (QED) is 0.764. The lowest BCUT2D eigenvalue weighted by Crippen LogP contribution is -2.27. The highest BCUT2D eigenvalue weighted by atomic mass is 19.2. The van der Waals surface area contributed by atoms with Crippen molar-refractivity contribution >= 4 is 16.9 Å². The van der Waals surface area contributed by atoms with Gasteiger partial charge in [-0.05, 0) is 37.6 Å². The van der Waals surface area contributed by atoms with Gasteiger partial charge in [0.2, 0.25) is 0 Å². The minimum Gasteiger partial charge on any atom is -0.345 e. The Bertz CT molecular complexity index is 1040. The van der Waals surface area contributed by atoms with Crippen LogP contribution >= 0.6 is 0 Å². The fourth-order valence-corrected chi connectivity index (χ4v) is 2.70. The molecule has 0 saturated carbocycles. The molecular formula is C17H16F2N4O2. The molecule has 2 N–H and O–H groups in total. The first-order valence-corrected chi connectivity index (χ1v) is 7.60. The highest BCUT2D eigenvalue weighted by Gasteiger charge is 2.20. The minimum atomic E-state index is -0.986. The summed E-state index contributed by atoms with van der Waals surface area (Å²) < 4.78 is 27.9. The normalized spacial score (nSPS) is 12.4. The van der Waals surface area contributed by atoms with Gasteiger partial charge in [-0.2, -0.15) is 0 Å². The molecule has 1 amide bonds. The molecule has 0 fully saturated rings. The number of nitrogens with one attached hydrogen (secondary N) is 2. The van der Waals surface area contributed by atoms with Gasteiger partial charge in [0.25, 0.3) is 11.5 Å². The molecule has 6 nitrogen and oxygen atoms in total.